The van der Waals surface area contributed by atoms with Crippen molar-refractivity contribution in [3.8, 4) is 11.3 Å². The SMILES string of the molecule is CCN(CCCNC(=O)c1nn(C)c2c1CS(=O)(=O)c1ccccc1-2)Cc1ccccc1. The van der Waals surface area contributed by atoms with Gasteiger partial charge in [0.1, 0.15) is 0 Å². The van der Waals surface area contributed by atoms with Gasteiger partial charge in [-0.05, 0) is 24.6 Å². The smallest absolute Gasteiger partial charge is 0.272 e. The second kappa shape index (κ2) is 9.26. The number of fused-ring (bicyclic) bond motifs is 3. The number of carbonyl (C=O) groups is 1. The van der Waals surface area contributed by atoms with Crippen LogP contribution >= 0.6 is 0 Å². The molecule has 0 saturated carbocycles. The lowest BCUT2D eigenvalue weighted by atomic mass is 10.1. The Morgan fingerprint density at radius 1 is 1.12 bits per heavy atom. The van der Waals surface area contributed by atoms with Crippen molar-refractivity contribution in [1.29, 1.82) is 0 Å². The summed E-state index contributed by atoms with van der Waals surface area (Å²) in [6.45, 7) is 5.27. The van der Waals surface area contributed by atoms with E-state index in [9.17, 15) is 13.2 Å². The zero-order valence-corrected chi connectivity index (χ0v) is 19.2. The number of aromatic nitrogens is 2. The molecule has 0 bridgehead atoms. The molecule has 1 N–H and O–H groups in total. The highest BCUT2D eigenvalue weighted by Gasteiger charge is 2.34. The second-order valence-electron chi connectivity index (χ2n) is 8.02. The molecule has 1 amide bonds. The minimum Gasteiger partial charge on any atom is -0.351 e. The van der Waals surface area contributed by atoms with E-state index in [2.05, 4.69) is 34.4 Å². The molecule has 2 aromatic carbocycles. The van der Waals surface area contributed by atoms with Crippen LogP contribution < -0.4 is 5.32 Å². The van der Waals surface area contributed by atoms with Gasteiger partial charge < -0.3 is 5.32 Å². The van der Waals surface area contributed by atoms with E-state index in [1.807, 2.05) is 18.2 Å². The van der Waals surface area contributed by atoms with Gasteiger partial charge in [0.15, 0.2) is 15.5 Å². The highest BCUT2D eigenvalue weighted by atomic mass is 32.2. The van der Waals surface area contributed by atoms with Gasteiger partial charge in [-0.3, -0.25) is 14.4 Å². The molecule has 1 aliphatic heterocycles. The van der Waals surface area contributed by atoms with Crippen molar-refractivity contribution in [3.05, 3.63) is 71.4 Å². The van der Waals surface area contributed by atoms with Gasteiger partial charge in [0.05, 0.1) is 16.3 Å². The van der Waals surface area contributed by atoms with Gasteiger partial charge in [-0.1, -0.05) is 55.5 Å². The molecular formula is C24H28N4O3S. The van der Waals surface area contributed by atoms with Gasteiger partial charge in [0.25, 0.3) is 5.91 Å². The van der Waals surface area contributed by atoms with Crippen LogP contribution in [0.1, 0.15) is 35.0 Å². The lowest BCUT2D eigenvalue weighted by Gasteiger charge is -2.20. The first-order chi connectivity index (χ1) is 15.4. The predicted molar refractivity (Wildman–Crippen MR) is 124 cm³/mol. The summed E-state index contributed by atoms with van der Waals surface area (Å²) in [5.74, 6) is -0.543. The number of sulfone groups is 1. The van der Waals surface area contributed by atoms with Crippen molar-refractivity contribution in [2.75, 3.05) is 19.6 Å². The van der Waals surface area contributed by atoms with Gasteiger partial charge in [-0.2, -0.15) is 5.10 Å². The van der Waals surface area contributed by atoms with Crippen LogP contribution in [0.15, 0.2) is 59.5 Å². The fourth-order valence-electron chi connectivity index (χ4n) is 4.20. The van der Waals surface area contributed by atoms with Gasteiger partial charge in [-0.15, -0.1) is 0 Å². The van der Waals surface area contributed by atoms with Crippen LogP contribution in [0, 0.1) is 0 Å². The quantitative estimate of drug-likeness (QED) is 0.531. The first-order valence-electron chi connectivity index (χ1n) is 10.8. The maximum absolute atomic E-state index is 12.9. The molecule has 3 aromatic rings. The average molecular weight is 453 g/mol. The van der Waals surface area contributed by atoms with E-state index in [4.69, 9.17) is 0 Å². The Hall–Kier alpha value is -2.97. The largest absolute Gasteiger partial charge is 0.351 e. The van der Waals surface area contributed by atoms with Crippen molar-refractivity contribution < 1.29 is 13.2 Å². The lowest BCUT2D eigenvalue weighted by molar-refractivity contribution is 0.0945. The number of benzene rings is 2. The number of aryl methyl sites for hydroxylation is 1. The summed E-state index contributed by atoms with van der Waals surface area (Å²) >= 11 is 0. The van der Waals surface area contributed by atoms with Crippen LogP contribution in [-0.2, 0) is 29.2 Å². The molecule has 4 rings (SSSR count). The molecule has 8 heteroatoms. The number of hydrogen-bond donors (Lipinski definition) is 1. The summed E-state index contributed by atoms with van der Waals surface area (Å²) in [6.07, 6.45) is 0.794. The van der Waals surface area contributed by atoms with Crippen LogP contribution in [0.25, 0.3) is 11.3 Å². The Kier molecular flexibility index (Phi) is 6.43. The number of carbonyl (C=O) groups excluding carboxylic acids is 1. The van der Waals surface area contributed by atoms with E-state index in [0.29, 0.717) is 28.3 Å². The van der Waals surface area contributed by atoms with Crippen LogP contribution in [0.2, 0.25) is 0 Å². The molecule has 168 valence electrons. The minimum atomic E-state index is -3.51. The molecule has 0 atom stereocenters. The van der Waals surface area contributed by atoms with Gasteiger partial charge in [0, 0.05) is 37.8 Å². The van der Waals surface area contributed by atoms with E-state index < -0.39 is 9.84 Å². The van der Waals surface area contributed by atoms with E-state index in [1.165, 1.54) is 5.56 Å². The monoisotopic (exact) mass is 452 g/mol. The Balaban J connectivity index is 1.41. The number of hydrogen-bond acceptors (Lipinski definition) is 5. The molecule has 0 aliphatic carbocycles. The summed E-state index contributed by atoms with van der Waals surface area (Å²) in [5.41, 5.74) is 3.23. The number of nitrogens with one attached hydrogen (secondary N) is 1. The molecule has 1 aliphatic rings. The van der Waals surface area contributed by atoms with Crippen molar-refractivity contribution in [2.24, 2.45) is 7.05 Å². The first-order valence-corrected chi connectivity index (χ1v) is 12.5. The highest BCUT2D eigenvalue weighted by Crippen LogP contribution is 2.38. The summed E-state index contributed by atoms with van der Waals surface area (Å²) in [4.78, 5) is 15.5. The van der Waals surface area contributed by atoms with Crippen molar-refractivity contribution in [1.82, 2.24) is 20.0 Å². The zero-order chi connectivity index (χ0) is 22.7. The van der Waals surface area contributed by atoms with Gasteiger partial charge in [0.2, 0.25) is 0 Å². The normalized spacial score (nSPS) is 14.1. The Morgan fingerprint density at radius 2 is 1.84 bits per heavy atom. The predicted octanol–water partition coefficient (Wildman–Crippen LogP) is 3.02. The summed E-state index contributed by atoms with van der Waals surface area (Å²) < 4.78 is 27.1. The van der Waals surface area contributed by atoms with Gasteiger partial charge >= 0.3 is 0 Å². The van der Waals surface area contributed by atoms with E-state index in [1.54, 1.807) is 36.0 Å². The third kappa shape index (κ3) is 4.47. The Bertz CT molecular complexity index is 1220. The maximum Gasteiger partial charge on any atom is 0.272 e. The Labute approximate surface area is 189 Å². The summed E-state index contributed by atoms with van der Waals surface area (Å²) in [5, 5.41) is 7.29. The van der Waals surface area contributed by atoms with Crippen molar-refractivity contribution in [2.45, 2.75) is 30.5 Å². The molecule has 0 spiro atoms. The van der Waals surface area contributed by atoms with Crippen LogP contribution in [0.4, 0.5) is 0 Å². The molecule has 0 radical (unpaired) electrons. The fourth-order valence-corrected chi connectivity index (χ4v) is 5.80. The minimum absolute atomic E-state index is 0.192. The molecule has 1 aromatic heterocycles. The van der Waals surface area contributed by atoms with Crippen molar-refractivity contribution >= 4 is 15.7 Å². The second-order valence-corrected chi connectivity index (χ2v) is 9.98. The van der Waals surface area contributed by atoms with E-state index in [0.717, 1.165) is 26.1 Å². The first kappa shape index (κ1) is 22.2. The lowest BCUT2D eigenvalue weighted by Crippen LogP contribution is -2.30. The number of nitrogens with zero attached hydrogens (tertiary/aromatic N) is 3. The molecule has 0 fully saturated rings. The average Bonchev–Trinajstić information content (AvgIpc) is 3.12. The molecule has 0 saturated heterocycles. The molecule has 2 heterocycles. The fraction of sp³-hybridized carbons (Fsp3) is 0.333. The third-order valence-electron chi connectivity index (χ3n) is 5.80. The van der Waals surface area contributed by atoms with Crippen molar-refractivity contribution in [3.63, 3.8) is 0 Å². The number of rotatable bonds is 8. The van der Waals surface area contributed by atoms with E-state index >= 15 is 0 Å². The Morgan fingerprint density at radius 3 is 2.59 bits per heavy atom. The topological polar surface area (TPSA) is 84.3 Å². The molecule has 32 heavy (non-hydrogen) atoms. The maximum atomic E-state index is 12.9. The van der Waals surface area contributed by atoms with Crippen LogP contribution in [0.3, 0.4) is 0 Å². The zero-order valence-electron chi connectivity index (χ0n) is 18.4. The molecule has 7 nitrogen and oxygen atoms in total. The van der Waals surface area contributed by atoms with Gasteiger partial charge in [-0.25, -0.2) is 8.42 Å². The summed E-state index contributed by atoms with van der Waals surface area (Å²) in [7, 11) is -1.76. The molecular weight excluding hydrogens is 424 g/mol. The van der Waals surface area contributed by atoms with Crippen LogP contribution in [-0.4, -0.2) is 48.6 Å². The summed E-state index contributed by atoms with van der Waals surface area (Å²) in [6, 6.07) is 17.2. The number of amides is 1. The van der Waals surface area contributed by atoms with Crippen LogP contribution in [0.5, 0.6) is 0 Å². The molecule has 0 unspecified atom stereocenters. The standard InChI is InChI=1S/C24H28N4O3S/c1-3-28(16-18-10-5-4-6-11-18)15-9-14-25-24(29)22-20-17-32(30,31)21-13-8-7-12-19(21)23(20)27(2)26-22/h4-8,10-13H,3,9,14-17H2,1-2H3,(H,25,29). The van der Waals surface area contributed by atoms with E-state index in [-0.39, 0.29) is 17.4 Å². The highest BCUT2D eigenvalue weighted by molar-refractivity contribution is 7.90. The third-order valence-corrected chi connectivity index (χ3v) is 7.50.